The molecular weight excluding hydrogens is 1450 g/mol. The SMILES string of the molecule is CC(=O)N[C@H]1[C@H](OC[C@@H](O)[C@@H](O)[C@H](O)[C@@H](O)CNc2cccc(NC(=O)CCCCC3CCSS3)c2)O[C@H](COS(=O)(=O)[O-])[C@H](OS(=O)(=O)[O-])[C@@H]1O[C@@H]1O[C@H](C(=O)O)[C@@H](O[C@@H]2O[C@H](COS(=O)(=O)[O-])[C@H](O)[C@H](O[C@@H]3O[C@H](C(=O)O)[C@@H](O)[C@H](O)[C@H]3O)[C@H]2NC(C)=O)[C@H](O)[C@H]1O.[Na+].[Na+].[Na+]. The number of carboxylic acids is 2. The first kappa shape index (κ1) is 90.2. The second-order valence-corrected chi connectivity index (χ2v) is 27.6. The fraction of sp³-hybridized carbons (Fsp3) is 0.771. The molecule has 5 aliphatic rings. The third-order valence-electron chi connectivity index (χ3n) is 14.7. The number of carbonyl (C=O) groups excluding carboxylic acids is 3. The number of nitrogens with one attached hydrogen (secondary N) is 4. The Morgan fingerprint density at radius 1 is 0.608 bits per heavy atom. The fourth-order valence-corrected chi connectivity index (χ4v) is 14.3. The van der Waals surface area contributed by atoms with Gasteiger partial charge in [-0.3, -0.25) is 26.9 Å². The van der Waals surface area contributed by atoms with Gasteiger partial charge < -0.3 is 134 Å². The Morgan fingerprint density at radius 3 is 1.69 bits per heavy atom. The van der Waals surface area contributed by atoms with Crippen LogP contribution in [0.1, 0.15) is 46.0 Å². The number of hydrogen-bond donors (Lipinski definition) is 16. The standard InChI is InChI=1S/C48H74N4O37S5.3Na/c1-17(53)50-27-38(84-47-35(64)32(61)33(62)41(87-47)43(66)67)31(60)24(15-80-92(70,71)72)82-46(27)86-40-34(63)36(65)48(88-42(40)44(68)69)85-39-28(51-18(2)54)45(83-25(16-81-93(73,74)75)37(39)89-94(76,77)78)79-14-23(56)30(59)29(58)22(55)13-49-19-6-5-7-20(12-19)52-26(57)9-4-3-8-21-10-11-90-91-21;;;/h5-7,12,21-25,27-42,45-49,55-56,58-65H,3-4,8-11,13-16H2,1-2H3,(H,50,53)(H,51,54)(H,52,57)(H,66,67)(H,68,69)(H,70,71,72)(H,73,74,75)(H,76,77,78);;;/q;3*+1/p-3/t21?,22-,23+,24+,25+,27+,28+,29+,30+,31-,32-,33-,34+,35+,36+,37-,38+,39+,40-,41-,42-,45+,46-,47+,48+;;;/m0.../s1. The summed E-state index contributed by atoms with van der Waals surface area (Å²) in [5, 5.41) is 141. The van der Waals surface area contributed by atoms with Crippen molar-refractivity contribution in [2.45, 2.75) is 198 Å². The zero-order valence-corrected chi connectivity index (χ0v) is 62.0. The van der Waals surface area contributed by atoms with Gasteiger partial charge in [-0.2, -0.15) is 0 Å². The third-order valence-corrected chi connectivity index (χ3v) is 19.0. The van der Waals surface area contributed by atoms with Gasteiger partial charge in [-0.15, -0.1) is 0 Å². The maximum absolute atomic E-state index is 13.1. The summed E-state index contributed by atoms with van der Waals surface area (Å²) in [4.78, 5) is 63.2. The number of unbranched alkanes of at least 4 members (excludes halogenated alkanes) is 1. The summed E-state index contributed by atoms with van der Waals surface area (Å²) in [5.74, 6) is -5.65. The Bertz CT molecular complexity index is 3070. The zero-order valence-electron chi connectivity index (χ0n) is 51.9. The number of aliphatic carboxylic acids is 2. The first-order valence-electron chi connectivity index (χ1n) is 28.1. The number of ether oxygens (including phenoxy) is 8. The van der Waals surface area contributed by atoms with Crippen molar-refractivity contribution in [3.8, 4) is 0 Å². The van der Waals surface area contributed by atoms with Crippen LogP contribution in [0, 0.1) is 0 Å². The summed E-state index contributed by atoms with van der Waals surface area (Å²) in [6, 6.07) is 1.70. The summed E-state index contributed by atoms with van der Waals surface area (Å²) < 4.78 is 164. The van der Waals surface area contributed by atoms with Crippen molar-refractivity contribution in [3.05, 3.63) is 24.3 Å². The molecule has 0 aromatic heterocycles. The Kier molecular flexibility index (Phi) is 37.6. The van der Waals surface area contributed by atoms with E-state index in [0.29, 0.717) is 23.0 Å². The zero-order chi connectivity index (χ0) is 69.9. The molecule has 0 spiro atoms. The number of amides is 3. The molecule has 16 N–H and O–H groups in total. The van der Waals surface area contributed by atoms with Gasteiger partial charge in [0.05, 0.1) is 25.9 Å². The van der Waals surface area contributed by atoms with Gasteiger partial charge in [0, 0.05) is 49.2 Å². The number of hydrogen-bond acceptors (Lipinski definition) is 38. The minimum Gasteiger partial charge on any atom is -0.726 e. The minimum atomic E-state index is -6.15. The number of carbonyl (C=O) groups is 5. The van der Waals surface area contributed by atoms with Crippen molar-refractivity contribution in [1.29, 1.82) is 0 Å². The van der Waals surface area contributed by atoms with Crippen LogP contribution in [0.3, 0.4) is 0 Å². The van der Waals surface area contributed by atoms with Crippen molar-refractivity contribution < 1.29 is 263 Å². The summed E-state index contributed by atoms with van der Waals surface area (Å²) in [6.45, 7) is -3.44. The van der Waals surface area contributed by atoms with Gasteiger partial charge in [0.15, 0.2) is 37.4 Å². The van der Waals surface area contributed by atoms with E-state index in [1.807, 2.05) is 21.6 Å². The van der Waals surface area contributed by atoms with E-state index in [9.17, 15) is 124 Å². The van der Waals surface area contributed by atoms with Crippen molar-refractivity contribution in [2.24, 2.45) is 0 Å². The molecular formula is C48H71N4Na3O37S5. The number of rotatable bonds is 33. The van der Waals surface area contributed by atoms with Gasteiger partial charge in [0.25, 0.3) is 0 Å². The smallest absolute Gasteiger partial charge is 0.726 e. The Morgan fingerprint density at radius 2 is 1.13 bits per heavy atom. The normalized spacial score (nSPS) is 33.6. The molecule has 6 rings (SSSR count). The topological polar surface area (TPSA) is 649 Å². The predicted molar refractivity (Wildman–Crippen MR) is 302 cm³/mol. The molecule has 5 heterocycles. The van der Waals surface area contributed by atoms with E-state index < -0.39 is 228 Å². The van der Waals surface area contributed by atoms with Crippen LogP contribution in [-0.4, -0.2) is 314 Å². The van der Waals surface area contributed by atoms with Crippen LogP contribution in [0.4, 0.5) is 11.4 Å². The van der Waals surface area contributed by atoms with Gasteiger partial charge in [0.1, 0.15) is 104 Å². The average Bonchev–Trinajstić information content (AvgIpc) is 1.05. The molecule has 5 fully saturated rings. The van der Waals surface area contributed by atoms with Crippen LogP contribution < -0.4 is 110 Å². The molecule has 1 aromatic carbocycles. The molecule has 5 saturated heterocycles. The number of benzene rings is 1. The second kappa shape index (κ2) is 40.5. The summed E-state index contributed by atoms with van der Waals surface area (Å²) in [7, 11) is -14.0. The first-order valence-corrected chi connectivity index (χ1v) is 34.5. The molecule has 97 heavy (non-hydrogen) atoms. The molecule has 1 unspecified atom stereocenters. The van der Waals surface area contributed by atoms with Gasteiger partial charge >= 0.3 is 101 Å². The Hall–Kier alpha value is -1.04. The second-order valence-electron chi connectivity index (χ2n) is 21.7. The van der Waals surface area contributed by atoms with Crippen LogP contribution in [-0.2, 0) is 106 Å². The van der Waals surface area contributed by atoms with E-state index in [4.69, 9.17) is 37.9 Å². The van der Waals surface area contributed by atoms with E-state index >= 15 is 0 Å². The van der Waals surface area contributed by atoms with Gasteiger partial charge in [-0.1, -0.05) is 34.1 Å². The van der Waals surface area contributed by atoms with Crippen molar-refractivity contribution in [3.63, 3.8) is 0 Å². The summed E-state index contributed by atoms with van der Waals surface area (Å²) in [5.41, 5.74) is 0.683. The summed E-state index contributed by atoms with van der Waals surface area (Å²) >= 11 is 0. The number of aliphatic hydroxyl groups excluding tert-OH is 10. The van der Waals surface area contributed by atoms with Gasteiger partial charge in [0.2, 0.25) is 48.9 Å². The van der Waals surface area contributed by atoms with E-state index in [2.05, 4.69) is 33.8 Å². The Labute approximate surface area is 627 Å². The van der Waals surface area contributed by atoms with Crippen molar-refractivity contribution in [2.75, 3.05) is 42.8 Å². The number of aliphatic hydroxyl groups is 10. The maximum atomic E-state index is 13.1. The molecule has 538 valence electrons. The summed E-state index contributed by atoms with van der Waals surface area (Å²) in [6.07, 6.45) is -50.6. The van der Waals surface area contributed by atoms with Crippen LogP contribution in [0.2, 0.25) is 0 Å². The molecule has 1 aromatic rings. The molecule has 5 aliphatic heterocycles. The minimum absolute atomic E-state index is 0. The molecule has 0 bridgehead atoms. The van der Waals surface area contributed by atoms with Gasteiger partial charge in [-0.25, -0.2) is 34.8 Å². The molecule has 25 atom stereocenters. The molecule has 0 aliphatic carbocycles. The number of carboxylic acid groups (broad SMARTS) is 2. The molecule has 3 amide bonds. The third kappa shape index (κ3) is 27.1. The first-order chi connectivity index (χ1) is 43.8. The fourth-order valence-electron chi connectivity index (χ4n) is 10.2. The van der Waals surface area contributed by atoms with Crippen LogP contribution in [0.5, 0.6) is 0 Å². The molecule has 0 radical (unpaired) electrons. The van der Waals surface area contributed by atoms with Crippen molar-refractivity contribution in [1.82, 2.24) is 10.6 Å². The van der Waals surface area contributed by atoms with Crippen LogP contribution in [0.25, 0.3) is 0 Å². The maximum Gasteiger partial charge on any atom is 1.00 e. The van der Waals surface area contributed by atoms with Crippen LogP contribution >= 0.6 is 21.6 Å². The van der Waals surface area contributed by atoms with E-state index in [-0.39, 0.29) is 101 Å². The predicted octanol–water partition coefficient (Wildman–Crippen LogP) is -17.6. The van der Waals surface area contributed by atoms with Gasteiger partial charge in [-0.05, 0) is 37.5 Å². The van der Waals surface area contributed by atoms with Crippen LogP contribution in [0.15, 0.2) is 24.3 Å². The monoisotopic (exact) mass is 1520 g/mol. The van der Waals surface area contributed by atoms with E-state index in [1.165, 1.54) is 12.1 Å². The van der Waals surface area contributed by atoms with E-state index in [1.54, 1.807) is 12.1 Å². The molecule has 41 nitrogen and oxygen atoms in total. The Balaban J connectivity index is 0.00000817. The quantitative estimate of drug-likeness (QED) is 0.0102. The molecule has 49 heteroatoms. The largest absolute Gasteiger partial charge is 1.00 e. The average molecular weight is 1530 g/mol. The van der Waals surface area contributed by atoms with Crippen molar-refractivity contribution >= 4 is 93.8 Å². The molecule has 0 saturated carbocycles. The number of anilines is 2. The van der Waals surface area contributed by atoms with E-state index in [0.717, 1.165) is 38.9 Å².